The first kappa shape index (κ1) is 21.0. The molecule has 3 aromatic rings. The lowest BCUT2D eigenvalue weighted by Crippen LogP contribution is -2.38. The van der Waals surface area contributed by atoms with Crippen LogP contribution in [0.1, 0.15) is 11.7 Å². The number of morpholine rings is 1. The summed E-state index contributed by atoms with van der Waals surface area (Å²) >= 11 is 6.20. The molecule has 0 radical (unpaired) electrons. The summed E-state index contributed by atoms with van der Waals surface area (Å²) in [6, 6.07) is 16.4. The second-order valence-corrected chi connectivity index (χ2v) is 8.20. The van der Waals surface area contributed by atoms with Gasteiger partial charge in [0.2, 0.25) is 0 Å². The van der Waals surface area contributed by atoms with Crippen LogP contribution in [0.5, 0.6) is 5.75 Å². The molecule has 0 bridgehead atoms. The molecule has 2 aliphatic heterocycles. The van der Waals surface area contributed by atoms with Crippen LogP contribution in [-0.2, 0) is 4.74 Å². The fraction of sp³-hybridized carbons (Fsp3) is 0.292. The molecule has 1 saturated heterocycles. The smallest absolute Gasteiger partial charge is 0.151 e. The molecule has 0 spiro atoms. The minimum atomic E-state index is -0.324. The summed E-state index contributed by atoms with van der Waals surface area (Å²) in [6.45, 7) is 4.95. The molecule has 1 fully saturated rings. The molecule has 1 atom stereocenters. The first-order valence-corrected chi connectivity index (χ1v) is 11.1. The number of rotatable bonds is 6. The molecule has 0 saturated carbocycles. The van der Waals surface area contributed by atoms with Crippen molar-refractivity contribution >= 4 is 28.8 Å². The molecule has 1 N–H and O–H groups in total. The predicted molar refractivity (Wildman–Crippen MR) is 123 cm³/mol. The van der Waals surface area contributed by atoms with Crippen molar-refractivity contribution in [3.63, 3.8) is 0 Å². The van der Waals surface area contributed by atoms with Crippen molar-refractivity contribution in [2.45, 2.75) is 6.17 Å². The van der Waals surface area contributed by atoms with Crippen LogP contribution < -0.4 is 15.0 Å². The lowest BCUT2D eigenvalue weighted by molar-refractivity contribution is 0.0322. The molecule has 0 amide bonds. The van der Waals surface area contributed by atoms with Crippen molar-refractivity contribution in [1.82, 2.24) is 9.88 Å². The molecule has 3 heterocycles. The van der Waals surface area contributed by atoms with E-state index in [1.165, 1.54) is 6.07 Å². The highest BCUT2D eigenvalue weighted by molar-refractivity contribution is 6.30. The van der Waals surface area contributed by atoms with E-state index in [9.17, 15) is 4.39 Å². The Morgan fingerprint density at radius 3 is 2.66 bits per heavy atom. The van der Waals surface area contributed by atoms with Gasteiger partial charge in [0.25, 0.3) is 0 Å². The van der Waals surface area contributed by atoms with Crippen molar-refractivity contribution in [2.75, 3.05) is 49.7 Å². The van der Waals surface area contributed by atoms with Gasteiger partial charge in [0.1, 0.15) is 24.3 Å². The minimum absolute atomic E-state index is 0.310. The number of hydrogen-bond donors (Lipinski definition) is 1. The Balaban J connectivity index is 1.34. The van der Waals surface area contributed by atoms with Gasteiger partial charge in [-0.05, 0) is 35.9 Å². The normalized spacial score (nSPS) is 18.3. The number of fused-ring (bicyclic) bond motifs is 1. The summed E-state index contributed by atoms with van der Waals surface area (Å²) in [5.41, 5.74) is 2.15. The molecule has 32 heavy (non-hydrogen) atoms. The van der Waals surface area contributed by atoms with Crippen LogP contribution in [0.25, 0.3) is 0 Å². The molecular formula is C24H24ClFN4O2. The van der Waals surface area contributed by atoms with Gasteiger partial charge in [-0.1, -0.05) is 35.9 Å². The van der Waals surface area contributed by atoms with Gasteiger partial charge in [0, 0.05) is 25.8 Å². The van der Waals surface area contributed by atoms with E-state index in [1.54, 1.807) is 24.4 Å². The number of anilines is 3. The van der Waals surface area contributed by atoms with Crippen LogP contribution in [0.4, 0.5) is 21.6 Å². The Kier molecular flexibility index (Phi) is 6.12. The zero-order chi connectivity index (χ0) is 21.9. The van der Waals surface area contributed by atoms with E-state index < -0.39 is 0 Å². The number of benzene rings is 2. The largest absolute Gasteiger partial charge is 0.492 e. The van der Waals surface area contributed by atoms with E-state index >= 15 is 0 Å². The molecule has 2 aromatic carbocycles. The number of hydrogen-bond acceptors (Lipinski definition) is 6. The van der Waals surface area contributed by atoms with Gasteiger partial charge in [-0.25, -0.2) is 9.37 Å². The van der Waals surface area contributed by atoms with Crippen molar-refractivity contribution in [1.29, 1.82) is 0 Å². The second-order valence-electron chi connectivity index (χ2n) is 7.76. The van der Waals surface area contributed by atoms with Crippen LogP contribution in [0.15, 0.2) is 60.8 Å². The summed E-state index contributed by atoms with van der Waals surface area (Å²) < 4.78 is 26.0. The zero-order valence-electron chi connectivity index (χ0n) is 17.5. The topological polar surface area (TPSA) is 49.9 Å². The predicted octanol–water partition coefficient (Wildman–Crippen LogP) is 4.85. The number of nitrogens with one attached hydrogen (secondary N) is 1. The highest BCUT2D eigenvalue weighted by atomic mass is 35.5. The summed E-state index contributed by atoms with van der Waals surface area (Å²) in [4.78, 5) is 8.62. The Morgan fingerprint density at radius 2 is 1.88 bits per heavy atom. The Morgan fingerprint density at radius 1 is 1.09 bits per heavy atom. The molecule has 0 aliphatic carbocycles. The van der Waals surface area contributed by atoms with E-state index in [0.29, 0.717) is 23.1 Å². The third kappa shape index (κ3) is 4.37. The van der Waals surface area contributed by atoms with Crippen LogP contribution in [0.3, 0.4) is 0 Å². The van der Waals surface area contributed by atoms with Crippen LogP contribution >= 0.6 is 11.6 Å². The zero-order valence-corrected chi connectivity index (χ0v) is 18.3. The van der Waals surface area contributed by atoms with Gasteiger partial charge in [-0.3, -0.25) is 4.90 Å². The standard InChI is InChI=1S/C24H24ClFN4O2/c25-18-15-22-23(27-16-18)28-24(30(22)21-4-2-1-3-20(21)26)17-5-7-19(8-6-17)32-14-11-29-9-12-31-13-10-29/h1-8,15-16,24H,9-14H2,(H,27,28). The van der Waals surface area contributed by atoms with Crippen molar-refractivity contribution in [3.8, 4) is 5.75 Å². The maximum Gasteiger partial charge on any atom is 0.151 e. The van der Waals surface area contributed by atoms with E-state index in [0.717, 1.165) is 49.8 Å². The van der Waals surface area contributed by atoms with Gasteiger partial charge >= 0.3 is 0 Å². The molecule has 8 heteroatoms. The lowest BCUT2D eigenvalue weighted by atomic mass is 10.1. The van der Waals surface area contributed by atoms with Crippen molar-refractivity contribution in [2.24, 2.45) is 0 Å². The lowest BCUT2D eigenvalue weighted by Gasteiger charge is -2.28. The average molecular weight is 455 g/mol. The maximum atomic E-state index is 14.7. The number of halogens is 2. The van der Waals surface area contributed by atoms with Gasteiger partial charge in [0.05, 0.1) is 29.6 Å². The third-order valence-electron chi connectivity index (χ3n) is 5.71. The van der Waals surface area contributed by atoms with Crippen LogP contribution in [-0.4, -0.2) is 49.3 Å². The van der Waals surface area contributed by atoms with Gasteiger partial charge < -0.3 is 19.7 Å². The average Bonchev–Trinajstić information content (AvgIpc) is 3.19. The summed E-state index contributed by atoms with van der Waals surface area (Å²) in [6.07, 6.45) is 1.26. The highest BCUT2D eigenvalue weighted by Gasteiger charge is 2.33. The summed E-state index contributed by atoms with van der Waals surface area (Å²) in [5, 5.41) is 3.89. The minimum Gasteiger partial charge on any atom is -0.492 e. The number of para-hydroxylation sites is 1. The number of nitrogens with zero attached hydrogens (tertiary/aromatic N) is 3. The molecule has 166 valence electrons. The van der Waals surface area contributed by atoms with Crippen LogP contribution in [0.2, 0.25) is 5.02 Å². The fourth-order valence-corrected chi connectivity index (χ4v) is 4.22. The molecule has 1 unspecified atom stereocenters. The number of ether oxygens (including phenoxy) is 2. The maximum absolute atomic E-state index is 14.7. The van der Waals surface area contributed by atoms with Crippen molar-refractivity contribution in [3.05, 3.63) is 77.2 Å². The summed E-state index contributed by atoms with van der Waals surface area (Å²) in [5.74, 6) is 1.15. The fourth-order valence-electron chi connectivity index (χ4n) is 4.07. The van der Waals surface area contributed by atoms with E-state index in [2.05, 4.69) is 15.2 Å². The van der Waals surface area contributed by atoms with Gasteiger partial charge in [-0.15, -0.1) is 0 Å². The molecule has 5 rings (SSSR count). The Hall–Kier alpha value is -2.87. The Labute approximate surface area is 191 Å². The number of pyridine rings is 1. The van der Waals surface area contributed by atoms with E-state index in [1.807, 2.05) is 35.2 Å². The second kappa shape index (κ2) is 9.32. The van der Waals surface area contributed by atoms with Gasteiger partial charge in [-0.2, -0.15) is 0 Å². The monoisotopic (exact) mass is 454 g/mol. The first-order valence-electron chi connectivity index (χ1n) is 10.7. The van der Waals surface area contributed by atoms with E-state index in [-0.39, 0.29) is 12.0 Å². The molecular weight excluding hydrogens is 431 g/mol. The van der Waals surface area contributed by atoms with E-state index in [4.69, 9.17) is 21.1 Å². The highest BCUT2D eigenvalue weighted by Crippen LogP contribution is 2.46. The third-order valence-corrected chi connectivity index (χ3v) is 5.92. The van der Waals surface area contributed by atoms with Gasteiger partial charge in [0.15, 0.2) is 5.82 Å². The molecule has 1 aromatic heterocycles. The quantitative estimate of drug-likeness (QED) is 0.574. The SMILES string of the molecule is Fc1ccccc1N1c2cc(Cl)cnc2NC1c1ccc(OCCN2CCOCC2)cc1. The Bertz CT molecular complexity index is 1080. The molecule has 2 aliphatic rings. The van der Waals surface area contributed by atoms with Crippen molar-refractivity contribution < 1.29 is 13.9 Å². The summed E-state index contributed by atoms with van der Waals surface area (Å²) in [7, 11) is 0. The molecule has 6 nitrogen and oxygen atoms in total. The number of aromatic nitrogens is 1. The first-order chi connectivity index (χ1) is 15.7. The van der Waals surface area contributed by atoms with Crippen LogP contribution in [0, 0.1) is 5.82 Å².